The minimum atomic E-state index is 0.0835. The van der Waals surface area contributed by atoms with Gasteiger partial charge >= 0.3 is 0 Å². The highest BCUT2D eigenvalue weighted by Gasteiger charge is 2.22. The molecule has 1 saturated carbocycles. The van der Waals surface area contributed by atoms with Crippen LogP contribution >= 0.6 is 0 Å². The van der Waals surface area contributed by atoms with E-state index in [1.165, 1.54) is 18.4 Å². The lowest BCUT2D eigenvalue weighted by molar-refractivity contribution is 0.101. The van der Waals surface area contributed by atoms with Crippen LogP contribution in [0, 0.1) is 11.8 Å². The highest BCUT2D eigenvalue weighted by Crippen LogP contribution is 2.39. The van der Waals surface area contributed by atoms with E-state index in [0.29, 0.717) is 0 Å². The molecule has 0 bridgehead atoms. The number of rotatable bonds is 2. The zero-order valence-electron chi connectivity index (χ0n) is 11.5. The van der Waals surface area contributed by atoms with E-state index in [1.54, 1.807) is 6.92 Å². The maximum Gasteiger partial charge on any atom is 0.159 e. The Morgan fingerprint density at radius 3 is 1.85 bits per heavy atom. The van der Waals surface area contributed by atoms with Crippen LogP contribution in [0.5, 0.6) is 0 Å². The van der Waals surface area contributed by atoms with E-state index in [0.717, 1.165) is 22.6 Å². The van der Waals surface area contributed by atoms with Crippen molar-refractivity contribution in [2.75, 3.05) is 0 Å². The Balaban J connectivity index is 1.75. The Morgan fingerprint density at radius 1 is 0.900 bits per heavy atom. The molecule has 0 unspecified atom stereocenters. The van der Waals surface area contributed by atoms with E-state index in [-0.39, 0.29) is 5.78 Å². The van der Waals surface area contributed by atoms with Crippen molar-refractivity contribution in [2.45, 2.75) is 25.7 Å². The number of Topliss-reactive ketones (excluding diaryl/α,β-unsaturated/α-hetero) is 1. The van der Waals surface area contributed by atoms with Crippen molar-refractivity contribution in [1.82, 2.24) is 0 Å². The highest BCUT2D eigenvalue weighted by atomic mass is 16.1. The number of carbonyl (C=O) groups excluding carboxylic acids is 1. The summed E-state index contributed by atoms with van der Waals surface area (Å²) in [7, 11) is 0. The lowest BCUT2D eigenvalue weighted by atomic mass is 10.1. The number of hydrogen-bond donors (Lipinski definition) is 0. The molecule has 0 atom stereocenters. The van der Waals surface area contributed by atoms with Crippen molar-refractivity contribution in [3.8, 4) is 11.8 Å². The molecule has 3 rings (SSSR count). The molecule has 0 heterocycles. The second-order valence-corrected chi connectivity index (χ2v) is 5.28. The molecule has 0 spiro atoms. The molecule has 1 aliphatic rings. The summed E-state index contributed by atoms with van der Waals surface area (Å²) in [5.74, 6) is 7.16. The smallest absolute Gasteiger partial charge is 0.159 e. The predicted molar refractivity (Wildman–Crippen MR) is 80.8 cm³/mol. The van der Waals surface area contributed by atoms with Crippen LogP contribution in [0.15, 0.2) is 48.5 Å². The maximum absolute atomic E-state index is 11.2. The van der Waals surface area contributed by atoms with Gasteiger partial charge in [0.15, 0.2) is 5.78 Å². The SMILES string of the molecule is CC(=O)c1ccc(C#Cc2ccc(C3CC3)cc2)cc1. The quantitative estimate of drug-likeness (QED) is 0.585. The summed E-state index contributed by atoms with van der Waals surface area (Å²) in [5, 5.41) is 0. The Kier molecular flexibility index (Phi) is 3.39. The van der Waals surface area contributed by atoms with Crippen molar-refractivity contribution in [1.29, 1.82) is 0 Å². The van der Waals surface area contributed by atoms with Crippen molar-refractivity contribution in [3.05, 3.63) is 70.8 Å². The van der Waals surface area contributed by atoms with Crippen molar-refractivity contribution >= 4 is 5.78 Å². The van der Waals surface area contributed by atoms with E-state index in [9.17, 15) is 4.79 Å². The fourth-order valence-electron chi connectivity index (χ4n) is 2.19. The molecular weight excluding hydrogens is 244 g/mol. The first-order chi connectivity index (χ1) is 9.72. The van der Waals surface area contributed by atoms with Crippen molar-refractivity contribution in [3.63, 3.8) is 0 Å². The second kappa shape index (κ2) is 5.35. The van der Waals surface area contributed by atoms with Crippen LogP contribution in [0.4, 0.5) is 0 Å². The van der Waals surface area contributed by atoms with Gasteiger partial charge in [0.1, 0.15) is 0 Å². The van der Waals surface area contributed by atoms with Gasteiger partial charge in [0.2, 0.25) is 0 Å². The largest absolute Gasteiger partial charge is 0.295 e. The van der Waals surface area contributed by atoms with Gasteiger partial charge in [0.05, 0.1) is 0 Å². The predicted octanol–water partition coefficient (Wildman–Crippen LogP) is 4.17. The lowest BCUT2D eigenvalue weighted by Gasteiger charge is -1.97. The zero-order valence-corrected chi connectivity index (χ0v) is 11.5. The van der Waals surface area contributed by atoms with E-state index in [1.807, 2.05) is 24.3 Å². The van der Waals surface area contributed by atoms with Gasteiger partial charge < -0.3 is 0 Å². The molecule has 1 heteroatoms. The molecule has 0 saturated heterocycles. The van der Waals surface area contributed by atoms with Crippen LogP contribution < -0.4 is 0 Å². The van der Waals surface area contributed by atoms with Crippen LogP contribution in [-0.2, 0) is 0 Å². The summed E-state index contributed by atoms with van der Waals surface area (Å²) in [6, 6.07) is 16.0. The minimum absolute atomic E-state index is 0.0835. The lowest BCUT2D eigenvalue weighted by Crippen LogP contribution is -1.90. The molecule has 98 valence electrons. The van der Waals surface area contributed by atoms with E-state index < -0.39 is 0 Å². The number of benzene rings is 2. The summed E-state index contributed by atoms with van der Waals surface area (Å²) in [4.78, 5) is 11.2. The Bertz CT molecular complexity index is 677. The number of carbonyl (C=O) groups is 1. The Morgan fingerprint density at radius 2 is 1.40 bits per heavy atom. The monoisotopic (exact) mass is 260 g/mol. The first-order valence-corrected chi connectivity index (χ1v) is 6.95. The molecule has 0 amide bonds. The van der Waals surface area contributed by atoms with Gasteiger partial charge in [0.25, 0.3) is 0 Å². The van der Waals surface area contributed by atoms with Crippen LogP contribution in [0.1, 0.15) is 52.7 Å². The molecule has 1 nitrogen and oxygen atoms in total. The average Bonchev–Trinajstić information content (AvgIpc) is 3.31. The van der Waals surface area contributed by atoms with Crippen LogP contribution in [0.25, 0.3) is 0 Å². The molecule has 0 N–H and O–H groups in total. The molecule has 2 aromatic carbocycles. The molecule has 2 aromatic rings. The molecule has 20 heavy (non-hydrogen) atoms. The van der Waals surface area contributed by atoms with E-state index in [2.05, 4.69) is 36.1 Å². The molecule has 0 aromatic heterocycles. The minimum Gasteiger partial charge on any atom is -0.295 e. The van der Waals surface area contributed by atoms with Gasteiger partial charge in [-0.05, 0) is 55.5 Å². The van der Waals surface area contributed by atoms with Gasteiger partial charge in [-0.1, -0.05) is 36.1 Å². The van der Waals surface area contributed by atoms with E-state index in [4.69, 9.17) is 0 Å². The standard InChI is InChI=1S/C19H16O/c1-14(20)17-8-4-15(5-9-17)2-3-16-6-10-18(11-7-16)19-12-13-19/h4-11,19H,12-13H2,1H3. The fourth-order valence-corrected chi connectivity index (χ4v) is 2.19. The summed E-state index contributed by atoms with van der Waals surface area (Å²) in [6.07, 6.45) is 2.65. The fraction of sp³-hybridized carbons (Fsp3) is 0.211. The Labute approximate surface area is 119 Å². The van der Waals surface area contributed by atoms with Gasteiger partial charge in [-0.2, -0.15) is 0 Å². The van der Waals surface area contributed by atoms with Gasteiger partial charge in [0, 0.05) is 16.7 Å². The Hall–Kier alpha value is -2.33. The highest BCUT2D eigenvalue weighted by molar-refractivity contribution is 5.94. The molecular formula is C19H16O. The zero-order chi connectivity index (χ0) is 13.9. The summed E-state index contributed by atoms with van der Waals surface area (Å²) in [6.45, 7) is 1.57. The first-order valence-electron chi connectivity index (χ1n) is 6.95. The van der Waals surface area contributed by atoms with Gasteiger partial charge in [-0.3, -0.25) is 4.79 Å². The van der Waals surface area contributed by atoms with Crippen LogP contribution in [-0.4, -0.2) is 5.78 Å². The summed E-state index contributed by atoms with van der Waals surface area (Å²) >= 11 is 0. The topological polar surface area (TPSA) is 17.1 Å². The second-order valence-electron chi connectivity index (χ2n) is 5.28. The third-order valence-corrected chi connectivity index (χ3v) is 3.60. The summed E-state index contributed by atoms with van der Waals surface area (Å²) < 4.78 is 0. The maximum atomic E-state index is 11.2. The molecule has 0 aliphatic heterocycles. The third kappa shape index (κ3) is 2.97. The third-order valence-electron chi connectivity index (χ3n) is 3.60. The molecule has 0 radical (unpaired) electrons. The number of ketones is 1. The molecule has 1 fully saturated rings. The van der Waals surface area contributed by atoms with Crippen molar-refractivity contribution < 1.29 is 4.79 Å². The molecule has 1 aliphatic carbocycles. The van der Waals surface area contributed by atoms with E-state index >= 15 is 0 Å². The van der Waals surface area contributed by atoms with Gasteiger partial charge in [-0.15, -0.1) is 0 Å². The summed E-state index contributed by atoms with van der Waals surface area (Å²) in [5.41, 5.74) is 4.12. The first kappa shape index (κ1) is 12.7. The van der Waals surface area contributed by atoms with Crippen LogP contribution in [0.3, 0.4) is 0 Å². The van der Waals surface area contributed by atoms with Crippen LogP contribution in [0.2, 0.25) is 0 Å². The average molecular weight is 260 g/mol. The van der Waals surface area contributed by atoms with Gasteiger partial charge in [-0.25, -0.2) is 0 Å². The normalized spacial score (nSPS) is 13.4. The number of hydrogen-bond acceptors (Lipinski definition) is 1. The van der Waals surface area contributed by atoms with Crippen molar-refractivity contribution in [2.24, 2.45) is 0 Å².